The van der Waals surface area contributed by atoms with Crippen LogP contribution in [0.4, 0.5) is 22.0 Å². The van der Waals surface area contributed by atoms with Crippen LogP contribution in [0, 0.1) is 23.0 Å². The van der Waals surface area contributed by atoms with E-state index in [2.05, 4.69) is 5.32 Å². The van der Waals surface area contributed by atoms with Gasteiger partial charge < -0.3 is 30.7 Å². The van der Waals surface area contributed by atoms with Gasteiger partial charge in [0.05, 0.1) is 11.8 Å². The summed E-state index contributed by atoms with van der Waals surface area (Å²) >= 11 is 1.26. The molecular formula is C47H56F5N5O10S. The minimum atomic E-state index is -5.08. The molecule has 4 amide bonds. The number of imide groups is 1. The molecule has 0 radical (unpaired) electrons. The van der Waals surface area contributed by atoms with Crippen molar-refractivity contribution in [3.8, 4) is 11.1 Å². The van der Waals surface area contributed by atoms with E-state index in [9.17, 15) is 56.2 Å². The Labute approximate surface area is 394 Å². The summed E-state index contributed by atoms with van der Waals surface area (Å²) < 4.78 is 63.2. The molecule has 1 aromatic heterocycles. The summed E-state index contributed by atoms with van der Waals surface area (Å²) in [4.78, 5) is 98.8. The number of carbonyl (C=O) groups is 8. The van der Waals surface area contributed by atoms with Gasteiger partial charge in [0.15, 0.2) is 0 Å². The number of ketones is 2. The lowest BCUT2D eigenvalue weighted by molar-refractivity contribution is -0.192. The van der Waals surface area contributed by atoms with Gasteiger partial charge in [0.1, 0.15) is 29.7 Å². The number of rotatable bonds is 25. The molecule has 0 fully saturated rings. The van der Waals surface area contributed by atoms with Crippen molar-refractivity contribution in [2.24, 2.45) is 17.1 Å². The number of nitrogens with two attached hydrogens (primary N) is 1. The number of hydrogen-bond acceptors (Lipinski definition) is 10. The van der Waals surface area contributed by atoms with E-state index in [1.807, 2.05) is 61.7 Å². The van der Waals surface area contributed by atoms with Gasteiger partial charge in [-0.05, 0) is 61.1 Å². The average molecular weight is 978 g/mol. The highest BCUT2D eigenvalue weighted by molar-refractivity contribution is 7.99. The van der Waals surface area contributed by atoms with Crippen molar-refractivity contribution in [2.75, 3.05) is 37.7 Å². The van der Waals surface area contributed by atoms with Gasteiger partial charge in [-0.3, -0.25) is 38.5 Å². The minimum absolute atomic E-state index is 0.0226. The van der Waals surface area contributed by atoms with E-state index in [4.69, 9.17) is 15.6 Å². The number of nitrogens with zero attached hydrogens (tertiary/aromatic N) is 3. The van der Waals surface area contributed by atoms with Gasteiger partial charge in [-0.1, -0.05) is 51.1 Å². The molecule has 21 heteroatoms. The summed E-state index contributed by atoms with van der Waals surface area (Å²) in [6, 6.07) is 14.3. The number of nitrogens with one attached hydrogen (secondary N) is 1. The van der Waals surface area contributed by atoms with E-state index in [1.165, 1.54) is 11.8 Å². The number of benzene rings is 2. The predicted octanol–water partition coefficient (Wildman–Crippen LogP) is 6.33. The Balaban J connectivity index is 0.00000162. The molecule has 1 aliphatic rings. The Hall–Kier alpha value is -6.22. The zero-order valence-electron chi connectivity index (χ0n) is 37.9. The van der Waals surface area contributed by atoms with Crippen molar-refractivity contribution in [2.45, 2.75) is 84.5 Å². The Morgan fingerprint density at radius 3 is 2.12 bits per heavy atom. The summed E-state index contributed by atoms with van der Waals surface area (Å²) in [6.45, 7) is 6.69. The molecule has 0 saturated heterocycles. The van der Waals surface area contributed by atoms with Crippen LogP contribution in [-0.4, -0.2) is 116 Å². The van der Waals surface area contributed by atoms with Crippen molar-refractivity contribution in [1.82, 2.24) is 19.7 Å². The molecule has 0 aliphatic carbocycles. The third-order valence-electron chi connectivity index (χ3n) is 10.5. The van der Waals surface area contributed by atoms with Crippen LogP contribution in [0.1, 0.15) is 83.0 Å². The van der Waals surface area contributed by atoms with Crippen LogP contribution in [0.2, 0.25) is 0 Å². The molecule has 5 N–H and O–H groups in total. The molecule has 2 heterocycles. The summed E-state index contributed by atoms with van der Waals surface area (Å²) in [6.07, 6.45) is -0.949. The fourth-order valence-corrected chi connectivity index (χ4v) is 8.09. The van der Waals surface area contributed by atoms with Gasteiger partial charge in [0.2, 0.25) is 11.8 Å². The maximum atomic E-state index is 15.1. The minimum Gasteiger partial charge on any atom is -0.481 e. The highest BCUT2D eigenvalue weighted by atomic mass is 32.2. The van der Waals surface area contributed by atoms with E-state index in [1.54, 1.807) is 11.1 Å². The number of Topliss-reactive ketones (excluding diaryl/α,β-unsaturated/α-hetero) is 2. The number of carboxylic acid groups (broad SMARTS) is 2. The zero-order valence-corrected chi connectivity index (χ0v) is 38.7. The highest BCUT2D eigenvalue weighted by Crippen LogP contribution is 2.41. The maximum absolute atomic E-state index is 15.1. The second-order valence-electron chi connectivity index (χ2n) is 16.9. The first-order valence-corrected chi connectivity index (χ1v) is 22.7. The molecular weight excluding hydrogens is 922 g/mol. The van der Waals surface area contributed by atoms with Crippen LogP contribution in [0.25, 0.3) is 11.1 Å². The summed E-state index contributed by atoms with van der Waals surface area (Å²) in [7, 11) is 0. The molecule has 68 heavy (non-hydrogen) atoms. The molecule has 4 rings (SSSR count). The Bertz CT molecular complexity index is 2280. The van der Waals surface area contributed by atoms with Crippen molar-refractivity contribution >= 4 is 58.9 Å². The molecule has 0 bridgehead atoms. The topological polar surface area (TPSA) is 226 Å². The van der Waals surface area contributed by atoms with Gasteiger partial charge >= 0.3 is 18.1 Å². The number of amides is 4. The first kappa shape index (κ1) is 56.1. The standard InChI is InChI=1S/C45H55F2N5O8S.C2HF3O2/c1-45(2,3)44(37-24-32(35-25-33(46)13-14-36(35)47)27-50(37)26-30-9-5-4-6-10-30)51(21-8-19-48)42(58)29-61-22-18-34(53)23-31(12-17-43(59)60)38(54)11-7-20-49-39(55)28-52-40(56)15-16-41(52)57;3-2(4,5)1(6)7/h4-6,9-10,13-16,24-25,27,31,44H,7-8,11-12,17-23,26,28-29,48H2,1-3H3,(H,49,55)(H,59,60);(H,6,7)/t31-,44+;/m1./s1. The lowest BCUT2D eigenvalue weighted by Crippen LogP contribution is -2.44. The molecule has 2 aromatic carbocycles. The van der Waals surface area contributed by atoms with Crippen LogP contribution < -0.4 is 11.1 Å². The molecule has 0 spiro atoms. The lowest BCUT2D eigenvalue weighted by atomic mass is 9.83. The molecule has 2 atom stereocenters. The van der Waals surface area contributed by atoms with Gasteiger partial charge in [0.25, 0.3) is 11.8 Å². The number of carboxylic acids is 2. The second kappa shape index (κ2) is 26.4. The third-order valence-corrected chi connectivity index (χ3v) is 11.4. The summed E-state index contributed by atoms with van der Waals surface area (Å²) in [5.74, 6) is -8.10. The van der Waals surface area contributed by atoms with Crippen LogP contribution in [0.5, 0.6) is 0 Å². The molecule has 0 saturated carbocycles. The third kappa shape index (κ3) is 18.1. The van der Waals surface area contributed by atoms with E-state index >= 15 is 4.39 Å². The number of halogens is 5. The second-order valence-corrected chi connectivity index (χ2v) is 18.0. The fourth-order valence-electron chi connectivity index (χ4n) is 7.23. The number of hydrogen-bond donors (Lipinski definition) is 4. The predicted molar refractivity (Wildman–Crippen MR) is 242 cm³/mol. The van der Waals surface area contributed by atoms with Gasteiger partial charge in [0, 0.05) is 92.2 Å². The van der Waals surface area contributed by atoms with E-state index in [0.717, 1.165) is 46.5 Å². The van der Waals surface area contributed by atoms with Crippen LogP contribution in [-0.2, 0) is 44.9 Å². The van der Waals surface area contributed by atoms with E-state index < -0.39 is 71.4 Å². The Morgan fingerprint density at radius 1 is 0.882 bits per heavy atom. The number of aliphatic carboxylic acids is 2. The smallest absolute Gasteiger partial charge is 0.481 e. The molecule has 15 nitrogen and oxygen atoms in total. The maximum Gasteiger partial charge on any atom is 0.490 e. The molecule has 3 aromatic rings. The summed E-state index contributed by atoms with van der Waals surface area (Å²) in [5.41, 5.74) is 7.67. The monoisotopic (exact) mass is 977 g/mol. The number of thioether (sulfide) groups is 1. The number of aromatic nitrogens is 1. The van der Waals surface area contributed by atoms with E-state index in [0.29, 0.717) is 31.6 Å². The summed E-state index contributed by atoms with van der Waals surface area (Å²) in [5, 5.41) is 19.0. The van der Waals surface area contributed by atoms with Gasteiger partial charge in [-0.25, -0.2) is 13.6 Å². The average Bonchev–Trinajstić information content (AvgIpc) is 3.81. The van der Waals surface area contributed by atoms with Crippen molar-refractivity contribution in [1.29, 1.82) is 0 Å². The number of alkyl halides is 3. The quantitative estimate of drug-likeness (QED) is 0.0415. The normalized spacial score (nSPS) is 13.4. The van der Waals surface area contributed by atoms with Gasteiger partial charge in [-0.2, -0.15) is 24.9 Å². The van der Waals surface area contributed by atoms with Crippen molar-refractivity contribution < 1.29 is 70.5 Å². The van der Waals surface area contributed by atoms with Gasteiger partial charge in [-0.15, -0.1) is 0 Å². The Morgan fingerprint density at radius 2 is 1.53 bits per heavy atom. The fraction of sp³-hybridized carbons (Fsp3) is 0.447. The molecule has 370 valence electrons. The van der Waals surface area contributed by atoms with Crippen molar-refractivity contribution in [3.05, 3.63) is 95.8 Å². The van der Waals surface area contributed by atoms with Crippen LogP contribution >= 0.6 is 11.8 Å². The van der Waals surface area contributed by atoms with Crippen LogP contribution in [0.3, 0.4) is 0 Å². The molecule has 0 unspecified atom stereocenters. The van der Waals surface area contributed by atoms with Crippen molar-refractivity contribution in [3.63, 3.8) is 0 Å². The first-order chi connectivity index (χ1) is 31.9. The lowest BCUT2D eigenvalue weighted by Gasteiger charge is -2.41. The number of carbonyl (C=O) groups excluding carboxylic acids is 6. The Kier molecular flexibility index (Phi) is 21.7. The highest BCUT2D eigenvalue weighted by Gasteiger charge is 2.39. The molecule has 1 aliphatic heterocycles. The largest absolute Gasteiger partial charge is 0.490 e. The van der Waals surface area contributed by atoms with Crippen LogP contribution in [0.15, 0.2) is 72.9 Å². The van der Waals surface area contributed by atoms with E-state index in [-0.39, 0.29) is 79.6 Å². The SMILES string of the molecule is CC(C)(C)[C@H](c1cc(-c2cc(F)ccc2F)cn1Cc1ccccc1)N(CCCN)C(=O)CSCCC(=O)C[C@@H](CCC(=O)O)C(=O)CCCNC(=O)CN1C(=O)C=CC1=O.O=C(O)C(F)(F)F. The first-order valence-electron chi connectivity index (χ1n) is 21.6. The zero-order chi connectivity index (χ0) is 50.8.